The molecule has 2 aromatic heterocycles. The zero-order valence-electron chi connectivity index (χ0n) is 18.6. The number of amides is 1. The number of carbonyl (C=O) groups excluding carboxylic acids is 1. The van der Waals surface area contributed by atoms with Crippen molar-refractivity contribution in [1.82, 2.24) is 19.4 Å². The molecule has 0 radical (unpaired) electrons. The maximum Gasteiger partial charge on any atom is 0.242 e. The van der Waals surface area contributed by atoms with Gasteiger partial charge >= 0.3 is 0 Å². The number of nitrogens with zero attached hydrogens (tertiary/aromatic N) is 5. The van der Waals surface area contributed by atoms with E-state index in [1.54, 1.807) is 6.20 Å². The number of piperazine rings is 1. The molecule has 164 valence electrons. The van der Waals surface area contributed by atoms with Crippen LogP contribution in [0.3, 0.4) is 0 Å². The molecule has 0 N–H and O–H groups in total. The van der Waals surface area contributed by atoms with Crippen molar-refractivity contribution in [3.8, 4) is 6.07 Å². The number of benzene rings is 2. The maximum atomic E-state index is 13.0. The highest BCUT2D eigenvalue weighted by Crippen LogP contribution is 2.30. The van der Waals surface area contributed by atoms with Crippen molar-refractivity contribution in [2.24, 2.45) is 0 Å². The monoisotopic (exact) mass is 435 g/mol. The van der Waals surface area contributed by atoms with Gasteiger partial charge in [-0.25, -0.2) is 0 Å². The third-order valence-corrected chi connectivity index (χ3v) is 6.38. The smallest absolute Gasteiger partial charge is 0.242 e. The van der Waals surface area contributed by atoms with E-state index in [0.717, 1.165) is 59.0 Å². The van der Waals surface area contributed by atoms with Crippen LogP contribution < -0.4 is 0 Å². The van der Waals surface area contributed by atoms with E-state index >= 15 is 0 Å². The van der Waals surface area contributed by atoms with Crippen LogP contribution in [0, 0.1) is 11.3 Å². The van der Waals surface area contributed by atoms with E-state index in [0.29, 0.717) is 5.57 Å². The Morgan fingerprint density at radius 3 is 2.70 bits per heavy atom. The van der Waals surface area contributed by atoms with Crippen LogP contribution in [0.5, 0.6) is 0 Å². The summed E-state index contributed by atoms with van der Waals surface area (Å²) in [6.07, 6.45) is 7.47. The highest BCUT2D eigenvalue weighted by atomic mass is 16.2. The second-order valence-electron chi connectivity index (χ2n) is 8.49. The molecule has 1 amide bonds. The number of hydrogen-bond acceptors (Lipinski definition) is 4. The summed E-state index contributed by atoms with van der Waals surface area (Å²) in [6.45, 7) is 3.56. The van der Waals surface area contributed by atoms with E-state index in [2.05, 4.69) is 23.0 Å². The molecule has 6 heteroatoms. The van der Waals surface area contributed by atoms with E-state index in [1.165, 1.54) is 0 Å². The molecule has 2 aromatic carbocycles. The van der Waals surface area contributed by atoms with E-state index in [1.807, 2.05) is 76.5 Å². The minimum absolute atomic E-state index is 0.111. The molecule has 6 nitrogen and oxygen atoms in total. The lowest BCUT2D eigenvalue weighted by Gasteiger charge is -2.32. The average molecular weight is 436 g/mol. The molecule has 4 aromatic rings. The first-order valence-corrected chi connectivity index (χ1v) is 11.1. The lowest BCUT2D eigenvalue weighted by Crippen LogP contribution is -2.48. The van der Waals surface area contributed by atoms with Crippen molar-refractivity contribution in [3.05, 3.63) is 78.2 Å². The van der Waals surface area contributed by atoms with Crippen LogP contribution in [0.2, 0.25) is 0 Å². The van der Waals surface area contributed by atoms with Crippen LogP contribution in [0.4, 0.5) is 0 Å². The van der Waals surface area contributed by atoms with E-state index in [-0.39, 0.29) is 12.5 Å². The number of nitriles is 1. The molecular formula is C27H25N5O. The zero-order valence-corrected chi connectivity index (χ0v) is 18.6. The Labute approximate surface area is 193 Å². The van der Waals surface area contributed by atoms with Gasteiger partial charge in [-0.2, -0.15) is 5.26 Å². The first-order chi connectivity index (χ1) is 16.1. The summed E-state index contributed by atoms with van der Waals surface area (Å²) in [5.41, 5.74) is 3.33. The Balaban J connectivity index is 1.53. The van der Waals surface area contributed by atoms with E-state index in [9.17, 15) is 10.1 Å². The molecule has 1 aliphatic rings. The fourth-order valence-corrected chi connectivity index (χ4v) is 4.49. The number of carbonyl (C=O) groups is 1. The summed E-state index contributed by atoms with van der Waals surface area (Å²) in [5, 5.41) is 13.1. The van der Waals surface area contributed by atoms with Crippen LogP contribution in [-0.4, -0.2) is 58.5 Å². The van der Waals surface area contributed by atoms with Crippen molar-refractivity contribution < 1.29 is 4.79 Å². The quantitative estimate of drug-likeness (QED) is 0.454. The first-order valence-electron chi connectivity index (χ1n) is 11.1. The van der Waals surface area contributed by atoms with Crippen molar-refractivity contribution in [2.45, 2.75) is 6.54 Å². The van der Waals surface area contributed by atoms with Gasteiger partial charge in [0.05, 0.1) is 11.6 Å². The summed E-state index contributed by atoms with van der Waals surface area (Å²) in [5.74, 6) is 0.111. The number of pyridine rings is 1. The van der Waals surface area contributed by atoms with Gasteiger partial charge in [-0.1, -0.05) is 36.4 Å². The number of hydrogen-bond donors (Lipinski definition) is 0. The Morgan fingerprint density at radius 2 is 1.88 bits per heavy atom. The van der Waals surface area contributed by atoms with Gasteiger partial charge in [0.2, 0.25) is 5.91 Å². The second kappa shape index (κ2) is 8.89. The predicted octanol–water partition coefficient (Wildman–Crippen LogP) is 4.03. The van der Waals surface area contributed by atoms with Crippen LogP contribution in [0.1, 0.15) is 11.1 Å². The third-order valence-electron chi connectivity index (χ3n) is 6.38. The SMILES string of the molecule is CN1CCN(C(=O)Cn2cc(/C(C#N)=C/c3cccc4cnccc34)c3ccccc32)CC1. The lowest BCUT2D eigenvalue weighted by atomic mass is 10.00. The average Bonchev–Trinajstić information content (AvgIpc) is 3.21. The fourth-order valence-electron chi connectivity index (χ4n) is 4.49. The molecule has 1 aliphatic heterocycles. The first kappa shape index (κ1) is 20.9. The van der Waals surface area contributed by atoms with E-state index in [4.69, 9.17) is 0 Å². The molecule has 0 spiro atoms. The Bertz CT molecular complexity index is 1400. The highest BCUT2D eigenvalue weighted by Gasteiger charge is 2.21. The molecule has 0 aliphatic carbocycles. The summed E-state index contributed by atoms with van der Waals surface area (Å²) < 4.78 is 1.98. The number of para-hydroxylation sites is 1. The number of fused-ring (bicyclic) bond motifs is 2. The number of rotatable bonds is 4. The Hall–Kier alpha value is -3.95. The summed E-state index contributed by atoms with van der Waals surface area (Å²) in [4.78, 5) is 21.4. The number of likely N-dealkylation sites (N-methyl/N-ethyl adjacent to an activating group) is 1. The van der Waals surface area contributed by atoms with E-state index < -0.39 is 0 Å². The predicted molar refractivity (Wildman–Crippen MR) is 131 cm³/mol. The minimum Gasteiger partial charge on any atom is -0.339 e. The molecule has 0 unspecified atom stereocenters. The summed E-state index contributed by atoms with van der Waals surface area (Å²) >= 11 is 0. The molecule has 1 saturated heterocycles. The molecule has 3 heterocycles. The van der Waals surface area contributed by atoms with Gasteiger partial charge in [-0.15, -0.1) is 0 Å². The molecule has 0 saturated carbocycles. The molecule has 5 rings (SSSR count). The number of aromatic nitrogens is 2. The largest absolute Gasteiger partial charge is 0.339 e. The van der Waals surface area contributed by atoms with Gasteiger partial charge in [-0.3, -0.25) is 9.78 Å². The highest BCUT2D eigenvalue weighted by molar-refractivity contribution is 6.04. The van der Waals surface area contributed by atoms with Gasteiger partial charge in [0.25, 0.3) is 0 Å². The Morgan fingerprint density at radius 1 is 1.06 bits per heavy atom. The summed E-state index contributed by atoms with van der Waals surface area (Å²) in [7, 11) is 2.08. The molecule has 33 heavy (non-hydrogen) atoms. The van der Waals surface area contributed by atoms with Crippen molar-refractivity contribution >= 4 is 39.2 Å². The molecular weight excluding hydrogens is 410 g/mol. The normalized spacial score (nSPS) is 15.2. The van der Waals surface area contributed by atoms with Crippen molar-refractivity contribution in [2.75, 3.05) is 33.2 Å². The Kier molecular flexibility index (Phi) is 5.64. The van der Waals surface area contributed by atoms with Gasteiger partial charge in [-0.05, 0) is 36.2 Å². The van der Waals surface area contributed by atoms with Crippen LogP contribution in [-0.2, 0) is 11.3 Å². The second-order valence-corrected chi connectivity index (χ2v) is 8.49. The van der Waals surface area contributed by atoms with Crippen molar-refractivity contribution in [1.29, 1.82) is 5.26 Å². The number of allylic oxidation sites excluding steroid dienone is 1. The van der Waals surface area contributed by atoms with Gasteiger partial charge in [0.15, 0.2) is 0 Å². The van der Waals surface area contributed by atoms with Gasteiger partial charge in [0, 0.05) is 66.6 Å². The molecule has 0 atom stereocenters. The minimum atomic E-state index is 0.111. The standard InChI is InChI=1S/C27H25N5O/c1-30-11-13-31(14-12-30)27(33)19-32-18-25(24-7-2-3-8-26(24)32)22(16-28)15-20-5-4-6-21-17-29-10-9-23(20)21/h2-10,15,17-18H,11-14,19H2,1H3/b22-15+. The van der Waals surface area contributed by atoms with Gasteiger partial charge < -0.3 is 14.4 Å². The molecule has 0 bridgehead atoms. The van der Waals surface area contributed by atoms with Crippen LogP contribution >= 0.6 is 0 Å². The summed E-state index contributed by atoms with van der Waals surface area (Å²) in [6, 6.07) is 18.3. The van der Waals surface area contributed by atoms with Crippen molar-refractivity contribution in [3.63, 3.8) is 0 Å². The molecule has 1 fully saturated rings. The fraction of sp³-hybridized carbons (Fsp3) is 0.222. The topological polar surface area (TPSA) is 65.2 Å². The third kappa shape index (κ3) is 4.11. The lowest BCUT2D eigenvalue weighted by molar-refractivity contribution is -0.133. The van der Waals surface area contributed by atoms with Crippen LogP contribution in [0.15, 0.2) is 67.1 Å². The zero-order chi connectivity index (χ0) is 22.8. The maximum absolute atomic E-state index is 13.0. The van der Waals surface area contributed by atoms with Crippen LogP contribution in [0.25, 0.3) is 33.3 Å². The van der Waals surface area contributed by atoms with Gasteiger partial charge in [0.1, 0.15) is 6.54 Å².